The van der Waals surface area contributed by atoms with Gasteiger partial charge in [-0.3, -0.25) is 10.1 Å². The molecular formula is C10H13NO4S. The lowest BCUT2D eigenvalue weighted by Gasteiger charge is -2.04. The van der Waals surface area contributed by atoms with Crippen molar-refractivity contribution in [1.29, 1.82) is 0 Å². The van der Waals surface area contributed by atoms with E-state index in [9.17, 15) is 10.1 Å². The van der Waals surface area contributed by atoms with E-state index in [0.717, 1.165) is 10.6 Å². The third kappa shape index (κ3) is 3.39. The van der Waals surface area contributed by atoms with Gasteiger partial charge in [-0.25, -0.2) is 0 Å². The van der Waals surface area contributed by atoms with Gasteiger partial charge in [0.2, 0.25) is 0 Å². The molecule has 1 N–H and O–H groups in total. The molecule has 0 aliphatic carbocycles. The second-order valence-electron chi connectivity index (χ2n) is 3.02. The fourth-order valence-electron chi connectivity index (χ4n) is 1.15. The van der Waals surface area contributed by atoms with Gasteiger partial charge in [-0.2, -0.15) is 0 Å². The summed E-state index contributed by atoms with van der Waals surface area (Å²) < 4.78 is 4.95. The summed E-state index contributed by atoms with van der Waals surface area (Å²) in [6, 6.07) is 4.75. The van der Waals surface area contributed by atoms with Crippen LogP contribution in [0.15, 0.2) is 23.1 Å². The van der Waals surface area contributed by atoms with Gasteiger partial charge in [-0.1, -0.05) is 0 Å². The Morgan fingerprint density at radius 3 is 2.88 bits per heavy atom. The Kier molecular flexibility index (Phi) is 5.07. The number of hydrogen-bond acceptors (Lipinski definition) is 5. The molecular weight excluding hydrogens is 230 g/mol. The van der Waals surface area contributed by atoms with Crippen LogP contribution in [0.2, 0.25) is 0 Å². The molecule has 0 aromatic heterocycles. The molecule has 0 unspecified atom stereocenters. The van der Waals surface area contributed by atoms with Crippen molar-refractivity contribution in [3.05, 3.63) is 28.3 Å². The van der Waals surface area contributed by atoms with E-state index in [0.29, 0.717) is 6.42 Å². The van der Waals surface area contributed by atoms with Crippen LogP contribution in [0.1, 0.15) is 6.42 Å². The molecule has 88 valence electrons. The average Bonchev–Trinajstić information content (AvgIpc) is 2.29. The van der Waals surface area contributed by atoms with Gasteiger partial charge in [0.05, 0.1) is 12.0 Å². The van der Waals surface area contributed by atoms with Crippen LogP contribution in [0.25, 0.3) is 0 Å². The zero-order valence-electron chi connectivity index (χ0n) is 8.88. The number of aliphatic hydroxyl groups is 1. The van der Waals surface area contributed by atoms with Crippen molar-refractivity contribution in [2.24, 2.45) is 0 Å². The number of aliphatic hydroxyl groups excluding tert-OH is 1. The Bertz CT molecular complexity index is 370. The topological polar surface area (TPSA) is 72.6 Å². The van der Waals surface area contributed by atoms with Gasteiger partial charge in [-0.05, 0) is 12.5 Å². The summed E-state index contributed by atoms with van der Waals surface area (Å²) in [5.41, 5.74) is -0.0333. The van der Waals surface area contributed by atoms with E-state index in [-0.39, 0.29) is 18.0 Å². The Labute approximate surface area is 97.6 Å². The second kappa shape index (κ2) is 6.34. The molecule has 1 aromatic rings. The standard InChI is InChI=1S/C10H13NO4S/c1-15-10-7-8(16-6-2-5-12)3-4-9(10)11(13)14/h3-4,7,12H,2,5-6H2,1H3. The number of nitrogens with zero attached hydrogens (tertiary/aromatic N) is 1. The minimum absolute atomic E-state index is 0.0333. The molecule has 1 rings (SSSR count). The zero-order chi connectivity index (χ0) is 12.0. The highest BCUT2D eigenvalue weighted by Crippen LogP contribution is 2.31. The predicted molar refractivity (Wildman–Crippen MR) is 62.1 cm³/mol. The van der Waals surface area contributed by atoms with Gasteiger partial charge < -0.3 is 9.84 Å². The number of methoxy groups -OCH3 is 1. The summed E-state index contributed by atoms with van der Waals surface area (Å²) in [4.78, 5) is 11.1. The highest BCUT2D eigenvalue weighted by molar-refractivity contribution is 7.99. The molecule has 1 aromatic carbocycles. The predicted octanol–water partition coefficient (Wildman–Crippen LogP) is 2.08. The fraction of sp³-hybridized carbons (Fsp3) is 0.400. The molecule has 0 saturated carbocycles. The first kappa shape index (κ1) is 12.8. The summed E-state index contributed by atoms with van der Waals surface area (Å²) in [6.45, 7) is 0.150. The molecule has 0 heterocycles. The average molecular weight is 243 g/mol. The van der Waals surface area contributed by atoms with Crippen LogP contribution in [-0.4, -0.2) is 29.5 Å². The first-order valence-electron chi connectivity index (χ1n) is 4.75. The van der Waals surface area contributed by atoms with Crippen LogP contribution in [0.5, 0.6) is 5.75 Å². The van der Waals surface area contributed by atoms with Gasteiger partial charge in [-0.15, -0.1) is 11.8 Å². The van der Waals surface area contributed by atoms with E-state index in [2.05, 4.69) is 0 Å². The third-order valence-corrected chi connectivity index (χ3v) is 3.00. The van der Waals surface area contributed by atoms with Crippen LogP contribution in [0.4, 0.5) is 5.69 Å². The molecule has 0 aliphatic heterocycles. The fourth-order valence-corrected chi connectivity index (χ4v) is 2.02. The monoisotopic (exact) mass is 243 g/mol. The second-order valence-corrected chi connectivity index (χ2v) is 4.18. The van der Waals surface area contributed by atoms with Crippen molar-refractivity contribution in [2.75, 3.05) is 19.5 Å². The Morgan fingerprint density at radius 1 is 1.56 bits per heavy atom. The molecule has 16 heavy (non-hydrogen) atoms. The van der Waals surface area contributed by atoms with Crippen molar-refractivity contribution < 1.29 is 14.8 Å². The number of thioether (sulfide) groups is 1. The lowest BCUT2D eigenvalue weighted by Crippen LogP contribution is -1.94. The third-order valence-electron chi connectivity index (χ3n) is 1.92. The summed E-state index contributed by atoms with van der Waals surface area (Å²) in [5.74, 6) is 1.04. The van der Waals surface area contributed by atoms with E-state index >= 15 is 0 Å². The summed E-state index contributed by atoms with van der Waals surface area (Å²) in [5, 5.41) is 19.3. The van der Waals surface area contributed by atoms with Crippen LogP contribution in [0, 0.1) is 10.1 Å². The van der Waals surface area contributed by atoms with Gasteiger partial charge in [0, 0.05) is 29.4 Å². The summed E-state index contributed by atoms with van der Waals surface area (Å²) >= 11 is 1.53. The molecule has 0 aliphatic rings. The van der Waals surface area contributed by atoms with Gasteiger partial charge in [0.1, 0.15) is 0 Å². The molecule has 6 heteroatoms. The zero-order valence-corrected chi connectivity index (χ0v) is 9.70. The number of nitro groups is 1. The van der Waals surface area contributed by atoms with E-state index in [4.69, 9.17) is 9.84 Å². The highest BCUT2D eigenvalue weighted by Gasteiger charge is 2.14. The van der Waals surface area contributed by atoms with Gasteiger partial charge >= 0.3 is 5.69 Å². The Hall–Kier alpha value is -1.27. The van der Waals surface area contributed by atoms with E-state index in [1.807, 2.05) is 0 Å². The van der Waals surface area contributed by atoms with E-state index in [1.54, 1.807) is 12.1 Å². The van der Waals surface area contributed by atoms with Gasteiger partial charge in [0.15, 0.2) is 5.75 Å². The maximum absolute atomic E-state index is 10.6. The highest BCUT2D eigenvalue weighted by atomic mass is 32.2. The molecule has 0 bridgehead atoms. The molecule has 0 spiro atoms. The number of benzene rings is 1. The molecule has 0 radical (unpaired) electrons. The molecule has 0 atom stereocenters. The lowest BCUT2D eigenvalue weighted by atomic mass is 10.3. The quantitative estimate of drug-likeness (QED) is 0.358. The van der Waals surface area contributed by atoms with Crippen LogP contribution < -0.4 is 4.74 Å². The Morgan fingerprint density at radius 2 is 2.31 bits per heavy atom. The van der Waals surface area contributed by atoms with Crippen molar-refractivity contribution >= 4 is 17.4 Å². The normalized spacial score (nSPS) is 10.1. The smallest absolute Gasteiger partial charge is 0.310 e. The van der Waals surface area contributed by atoms with E-state index < -0.39 is 4.92 Å². The largest absolute Gasteiger partial charge is 0.490 e. The Balaban J connectivity index is 2.78. The van der Waals surface area contributed by atoms with Crippen molar-refractivity contribution in [3.8, 4) is 5.75 Å². The number of hydrogen-bond donors (Lipinski definition) is 1. The minimum atomic E-state index is -0.471. The summed E-state index contributed by atoms with van der Waals surface area (Å²) in [6.07, 6.45) is 0.698. The van der Waals surface area contributed by atoms with Crippen LogP contribution >= 0.6 is 11.8 Å². The first-order valence-corrected chi connectivity index (χ1v) is 5.73. The van der Waals surface area contributed by atoms with Gasteiger partial charge in [0.25, 0.3) is 0 Å². The number of ether oxygens (including phenoxy) is 1. The number of nitro benzene ring substituents is 1. The van der Waals surface area contributed by atoms with Crippen molar-refractivity contribution in [3.63, 3.8) is 0 Å². The summed E-state index contributed by atoms with van der Waals surface area (Å²) in [7, 11) is 1.41. The van der Waals surface area contributed by atoms with Crippen LogP contribution in [0.3, 0.4) is 0 Å². The van der Waals surface area contributed by atoms with Crippen molar-refractivity contribution in [2.45, 2.75) is 11.3 Å². The number of rotatable bonds is 6. The maximum Gasteiger partial charge on any atom is 0.310 e. The SMILES string of the molecule is COc1cc(SCCCO)ccc1[N+](=O)[O-]. The lowest BCUT2D eigenvalue weighted by molar-refractivity contribution is -0.385. The van der Waals surface area contributed by atoms with Crippen LogP contribution in [-0.2, 0) is 0 Å². The minimum Gasteiger partial charge on any atom is -0.490 e. The van der Waals surface area contributed by atoms with Crippen molar-refractivity contribution in [1.82, 2.24) is 0 Å². The molecule has 0 saturated heterocycles. The molecule has 5 nitrogen and oxygen atoms in total. The molecule has 0 amide bonds. The van der Waals surface area contributed by atoms with E-state index in [1.165, 1.54) is 24.9 Å². The first-order chi connectivity index (χ1) is 7.69. The molecule has 0 fully saturated rings. The maximum atomic E-state index is 10.6.